The maximum Gasteiger partial charge on any atom is 0.0721 e. The summed E-state index contributed by atoms with van der Waals surface area (Å²) in [6.45, 7) is 5.78. The summed E-state index contributed by atoms with van der Waals surface area (Å²) >= 11 is 0. The Kier molecular flexibility index (Phi) is 4.15. The molecule has 1 aromatic rings. The third-order valence-electron chi connectivity index (χ3n) is 3.58. The molecule has 3 heteroatoms. The minimum Gasteiger partial charge on any atom is -0.396 e. The van der Waals surface area contributed by atoms with E-state index < -0.39 is 0 Å². The number of aliphatic hydroxyl groups excluding tert-OH is 1. The molecule has 2 N–H and O–H groups in total. The van der Waals surface area contributed by atoms with Crippen LogP contribution in [0.5, 0.6) is 0 Å². The zero-order valence-electron chi connectivity index (χ0n) is 10.5. The van der Waals surface area contributed by atoms with Crippen LogP contribution < -0.4 is 5.32 Å². The lowest BCUT2D eigenvalue weighted by atomic mass is 9.96. The molecular formula is C14H21NO2. The Balaban J connectivity index is 2.08. The first-order valence-corrected chi connectivity index (χ1v) is 6.25. The van der Waals surface area contributed by atoms with E-state index in [-0.39, 0.29) is 24.6 Å². The van der Waals surface area contributed by atoms with Gasteiger partial charge in [-0.2, -0.15) is 0 Å². The number of fused-ring (bicyclic) bond motifs is 1. The fourth-order valence-corrected chi connectivity index (χ4v) is 2.16. The van der Waals surface area contributed by atoms with Crippen LogP contribution in [0.3, 0.4) is 0 Å². The molecule has 0 radical (unpaired) electrons. The molecule has 0 bridgehead atoms. The maximum atomic E-state index is 9.16. The van der Waals surface area contributed by atoms with Gasteiger partial charge in [0.25, 0.3) is 0 Å². The van der Waals surface area contributed by atoms with Gasteiger partial charge in [-0.05, 0) is 24.0 Å². The minimum absolute atomic E-state index is 0.212. The van der Waals surface area contributed by atoms with E-state index in [1.807, 2.05) is 13.0 Å². The van der Waals surface area contributed by atoms with Crippen molar-refractivity contribution in [1.29, 1.82) is 0 Å². The van der Waals surface area contributed by atoms with Gasteiger partial charge in [0.15, 0.2) is 0 Å². The fraction of sp³-hybridized carbons (Fsp3) is 0.571. The second kappa shape index (κ2) is 5.63. The second-order valence-corrected chi connectivity index (χ2v) is 4.88. The summed E-state index contributed by atoms with van der Waals surface area (Å²) in [7, 11) is 0. The van der Waals surface area contributed by atoms with Crippen molar-refractivity contribution < 1.29 is 9.84 Å². The molecule has 3 unspecified atom stereocenters. The zero-order valence-corrected chi connectivity index (χ0v) is 10.5. The second-order valence-electron chi connectivity index (χ2n) is 4.88. The Morgan fingerprint density at radius 3 is 2.94 bits per heavy atom. The lowest BCUT2D eigenvalue weighted by Gasteiger charge is -2.31. The van der Waals surface area contributed by atoms with Gasteiger partial charge in [-0.25, -0.2) is 0 Å². The average molecular weight is 235 g/mol. The molecule has 3 atom stereocenters. The number of nitrogens with one attached hydrogen (secondary N) is 1. The van der Waals surface area contributed by atoms with Gasteiger partial charge >= 0.3 is 0 Å². The Bertz CT molecular complexity index is 367. The molecule has 0 fully saturated rings. The summed E-state index contributed by atoms with van der Waals surface area (Å²) in [5, 5.41) is 12.7. The molecule has 17 heavy (non-hydrogen) atoms. The highest BCUT2D eigenvalue weighted by Gasteiger charge is 2.23. The first kappa shape index (κ1) is 12.6. The lowest BCUT2D eigenvalue weighted by molar-refractivity contribution is 0.0741. The molecule has 94 valence electrons. The van der Waals surface area contributed by atoms with Gasteiger partial charge in [0, 0.05) is 12.6 Å². The van der Waals surface area contributed by atoms with Crippen molar-refractivity contribution in [1.82, 2.24) is 5.32 Å². The molecular weight excluding hydrogens is 214 g/mol. The molecule has 1 aromatic carbocycles. The van der Waals surface area contributed by atoms with Crippen LogP contribution in [0.25, 0.3) is 0 Å². The summed E-state index contributed by atoms with van der Waals surface area (Å²) in [5.41, 5.74) is 2.59. The van der Waals surface area contributed by atoms with Crippen molar-refractivity contribution in [2.75, 3.05) is 13.2 Å². The van der Waals surface area contributed by atoms with Crippen LogP contribution in [0.15, 0.2) is 24.3 Å². The largest absolute Gasteiger partial charge is 0.396 e. The molecule has 2 rings (SSSR count). The molecule has 0 spiro atoms. The predicted molar refractivity (Wildman–Crippen MR) is 67.7 cm³/mol. The van der Waals surface area contributed by atoms with Crippen LogP contribution in [-0.2, 0) is 11.3 Å². The van der Waals surface area contributed by atoms with Gasteiger partial charge in [-0.3, -0.25) is 0 Å². The van der Waals surface area contributed by atoms with Crippen LogP contribution in [0.1, 0.15) is 31.0 Å². The number of rotatable bonds is 4. The smallest absolute Gasteiger partial charge is 0.0721 e. The van der Waals surface area contributed by atoms with Gasteiger partial charge in [0.05, 0.1) is 19.3 Å². The monoisotopic (exact) mass is 235 g/mol. The highest BCUT2D eigenvalue weighted by atomic mass is 16.5. The number of hydrogen-bond donors (Lipinski definition) is 2. The Labute approximate surface area is 103 Å². The van der Waals surface area contributed by atoms with Crippen molar-refractivity contribution >= 4 is 0 Å². The van der Waals surface area contributed by atoms with Crippen LogP contribution in [0, 0.1) is 5.92 Å². The molecule has 1 aliphatic heterocycles. The summed E-state index contributed by atoms with van der Waals surface area (Å²) in [5.74, 6) is 0.254. The topological polar surface area (TPSA) is 41.5 Å². The summed E-state index contributed by atoms with van der Waals surface area (Å²) in [6, 6.07) is 8.90. The standard InChI is InChI=1S/C14H21NO2/c1-10(7-16)11(2)15-14-9-17-8-12-5-3-4-6-13(12)14/h3-6,10-11,14-16H,7-9H2,1-2H3. The normalized spacial score (nSPS) is 22.9. The van der Waals surface area contributed by atoms with Crippen molar-refractivity contribution in [3.05, 3.63) is 35.4 Å². The van der Waals surface area contributed by atoms with E-state index in [1.165, 1.54) is 11.1 Å². The summed E-state index contributed by atoms with van der Waals surface area (Å²) in [6.07, 6.45) is 0. The average Bonchev–Trinajstić information content (AvgIpc) is 2.38. The van der Waals surface area contributed by atoms with Gasteiger partial charge in [0.2, 0.25) is 0 Å². The highest BCUT2D eigenvalue weighted by molar-refractivity contribution is 5.31. The molecule has 0 saturated carbocycles. The molecule has 0 aromatic heterocycles. The van der Waals surface area contributed by atoms with E-state index in [4.69, 9.17) is 9.84 Å². The molecule has 3 nitrogen and oxygen atoms in total. The first-order chi connectivity index (χ1) is 8.22. The molecule has 0 aliphatic carbocycles. The van der Waals surface area contributed by atoms with Crippen LogP contribution >= 0.6 is 0 Å². The number of aliphatic hydroxyl groups is 1. The fourth-order valence-electron chi connectivity index (χ4n) is 2.16. The van der Waals surface area contributed by atoms with Crippen LogP contribution in [0.4, 0.5) is 0 Å². The number of benzene rings is 1. The summed E-state index contributed by atoms with van der Waals surface area (Å²) < 4.78 is 5.60. The van der Waals surface area contributed by atoms with Gasteiger partial charge in [-0.1, -0.05) is 31.2 Å². The zero-order chi connectivity index (χ0) is 12.3. The molecule has 0 saturated heterocycles. The Hall–Kier alpha value is -0.900. The quantitative estimate of drug-likeness (QED) is 0.837. The Morgan fingerprint density at radius 1 is 1.41 bits per heavy atom. The van der Waals surface area contributed by atoms with E-state index in [1.54, 1.807) is 0 Å². The Morgan fingerprint density at radius 2 is 2.18 bits per heavy atom. The molecule has 1 aliphatic rings. The van der Waals surface area contributed by atoms with Crippen molar-refractivity contribution in [3.8, 4) is 0 Å². The van der Waals surface area contributed by atoms with E-state index >= 15 is 0 Å². The highest BCUT2D eigenvalue weighted by Crippen LogP contribution is 2.25. The number of ether oxygens (including phenoxy) is 1. The first-order valence-electron chi connectivity index (χ1n) is 6.25. The van der Waals surface area contributed by atoms with E-state index in [0.29, 0.717) is 13.2 Å². The van der Waals surface area contributed by atoms with Crippen LogP contribution in [-0.4, -0.2) is 24.4 Å². The predicted octanol–water partition coefficient (Wildman–Crippen LogP) is 1.86. The van der Waals surface area contributed by atoms with Crippen LogP contribution in [0.2, 0.25) is 0 Å². The van der Waals surface area contributed by atoms with E-state index in [9.17, 15) is 0 Å². The maximum absolute atomic E-state index is 9.16. The van der Waals surface area contributed by atoms with E-state index in [2.05, 4.69) is 30.4 Å². The third kappa shape index (κ3) is 2.86. The van der Waals surface area contributed by atoms with Gasteiger partial charge < -0.3 is 15.2 Å². The lowest BCUT2D eigenvalue weighted by Crippen LogP contribution is -2.40. The van der Waals surface area contributed by atoms with Gasteiger partial charge in [-0.15, -0.1) is 0 Å². The molecule has 0 amide bonds. The molecule has 1 heterocycles. The van der Waals surface area contributed by atoms with E-state index in [0.717, 1.165) is 0 Å². The van der Waals surface area contributed by atoms with Crippen molar-refractivity contribution in [3.63, 3.8) is 0 Å². The van der Waals surface area contributed by atoms with Gasteiger partial charge in [0.1, 0.15) is 0 Å². The third-order valence-corrected chi connectivity index (χ3v) is 3.58. The SMILES string of the molecule is CC(CO)C(C)NC1COCc2ccccc21. The van der Waals surface area contributed by atoms with Crippen molar-refractivity contribution in [2.45, 2.75) is 32.5 Å². The number of hydrogen-bond acceptors (Lipinski definition) is 3. The van der Waals surface area contributed by atoms with Crippen molar-refractivity contribution in [2.24, 2.45) is 5.92 Å². The summed E-state index contributed by atoms with van der Waals surface area (Å²) in [4.78, 5) is 0. The minimum atomic E-state index is 0.212.